The van der Waals surface area contributed by atoms with E-state index in [1.165, 1.54) is 18.3 Å². The van der Waals surface area contributed by atoms with Crippen LogP contribution in [0.1, 0.15) is 21.6 Å². The lowest BCUT2D eigenvalue weighted by Gasteiger charge is -2.04. The van der Waals surface area contributed by atoms with Crippen molar-refractivity contribution in [1.29, 1.82) is 0 Å². The number of carbonyl (C=O) groups is 2. The van der Waals surface area contributed by atoms with Crippen molar-refractivity contribution in [3.05, 3.63) is 101 Å². The Morgan fingerprint density at radius 2 is 1.90 bits per heavy atom. The van der Waals surface area contributed by atoms with Crippen molar-refractivity contribution in [2.45, 2.75) is 6.42 Å². The van der Waals surface area contributed by atoms with Crippen LogP contribution in [0, 0.1) is 5.82 Å². The Kier molecular flexibility index (Phi) is 5.10. The molecule has 0 aliphatic heterocycles. The second kappa shape index (κ2) is 7.85. The van der Waals surface area contributed by atoms with Crippen LogP contribution in [0.2, 0.25) is 5.02 Å². The Labute approximate surface area is 170 Å². The van der Waals surface area contributed by atoms with Crippen LogP contribution >= 0.6 is 11.6 Å². The molecule has 3 heterocycles. The predicted octanol–water partition coefficient (Wildman–Crippen LogP) is 4.54. The molecule has 0 fully saturated rings. The second-order valence-electron chi connectivity index (χ2n) is 6.48. The average Bonchev–Trinajstić information content (AvgIpc) is 3.07. The first kappa shape index (κ1) is 18.8. The topological polar surface area (TPSA) is 63.5 Å². The highest BCUT2D eigenvalue weighted by molar-refractivity contribution is 6.48. The lowest BCUT2D eigenvalue weighted by atomic mass is 10.1. The number of fused-ring (bicyclic) bond motifs is 1. The van der Waals surface area contributed by atoms with Gasteiger partial charge in [0.25, 0.3) is 11.7 Å². The molecule has 0 aliphatic rings. The normalized spacial score (nSPS) is 10.8. The third kappa shape index (κ3) is 4.02. The largest absolute Gasteiger partial charge is 0.320 e. The summed E-state index contributed by atoms with van der Waals surface area (Å²) in [4.78, 5) is 29.2. The number of anilines is 1. The van der Waals surface area contributed by atoms with E-state index in [1.54, 1.807) is 59.3 Å². The molecule has 0 atom stereocenters. The van der Waals surface area contributed by atoms with Crippen molar-refractivity contribution in [3.8, 4) is 0 Å². The fourth-order valence-electron chi connectivity index (χ4n) is 3.12. The van der Waals surface area contributed by atoms with E-state index >= 15 is 0 Å². The lowest BCUT2D eigenvalue weighted by molar-refractivity contribution is -0.112. The molecule has 29 heavy (non-hydrogen) atoms. The van der Waals surface area contributed by atoms with Crippen LogP contribution < -0.4 is 5.32 Å². The van der Waals surface area contributed by atoms with Crippen LogP contribution in [0.5, 0.6) is 0 Å². The van der Waals surface area contributed by atoms with Crippen molar-refractivity contribution >= 4 is 34.5 Å². The van der Waals surface area contributed by atoms with E-state index < -0.39 is 11.7 Å². The summed E-state index contributed by atoms with van der Waals surface area (Å²) in [7, 11) is 0. The summed E-state index contributed by atoms with van der Waals surface area (Å²) in [6.45, 7) is 0. The molecular weight excluding hydrogens is 393 g/mol. The average molecular weight is 408 g/mol. The van der Waals surface area contributed by atoms with Crippen LogP contribution in [0.4, 0.5) is 10.1 Å². The fraction of sp³-hybridized carbons (Fsp3) is 0.0455. The second-order valence-corrected chi connectivity index (χ2v) is 6.91. The van der Waals surface area contributed by atoms with E-state index in [9.17, 15) is 14.0 Å². The molecule has 144 valence electrons. The molecule has 7 heteroatoms. The van der Waals surface area contributed by atoms with Crippen molar-refractivity contribution in [2.75, 3.05) is 5.32 Å². The van der Waals surface area contributed by atoms with Crippen molar-refractivity contribution in [3.63, 3.8) is 0 Å². The molecule has 0 saturated carbocycles. The first-order valence-electron chi connectivity index (χ1n) is 8.81. The smallest absolute Gasteiger partial charge is 0.296 e. The number of hydrogen-bond donors (Lipinski definition) is 1. The number of ketones is 1. The van der Waals surface area contributed by atoms with Crippen LogP contribution in [0.3, 0.4) is 0 Å². The predicted molar refractivity (Wildman–Crippen MR) is 109 cm³/mol. The van der Waals surface area contributed by atoms with Crippen molar-refractivity contribution < 1.29 is 14.0 Å². The highest BCUT2D eigenvalue weighted by Crippen LogP contribution is 2.24. The minimum Gasteiger partial charge on any atom is -0.320 e. The summed E-state index contributed by atoms with van der Waals surface area (Å²) in [5.74, 6) is -1.76. The standard InChI is InChI=1S/C22H15ClFN3O2/c23-15-7-9-27-18(10-14-3-5-16(24)6-4-14)12-19(20(27)11-15)21(28)22(29)26-17-2-1-8-25-13-17/h1-9,11-13H,10H2,(H,26,29). The van der Waals surface area contributed by atoms with Gasteiger partial charge in [0, 0.05) is 29.5 Å². The SMILES string of the molecule is O=C(Nc1cccnc1)C(=O)c1cc(Cc2ccc(F)cc2)n2ccc(Cl)cc12. The molecule has 3 aromatic heterocycles. The third-order valence-electron chi connectivity index (χ3n) is 4.48. The number of benzene rings is 1. The van der Waals surface area contributed by atoms with E-state index in [0.717, 1.165) is 11.3 Å². The number of rotatable bonds is 5. The van der Waals surface area contributed by atoms with E-state index in [2.05, 4.69) is 10.3 Å². The summed E-state index contributed by atoms with van der Waals surface area (Å²) in [6.07, 6.45) is 5.23. The number of aromatic nitrogens is 2. The molecular formula is C22H15ClFN3O2. The Balaban J connectivity index is 1.70. The lowest BCUT2D eigenvalue weighted by Crippen LogP contribution is -2.22. The molecule has 5 nitrogen and oxygen atoms in total. The molecule has 1 aromatic carbocycles. The van der Waals surface area contributed by atoms with Gasteiger partial charge in [-0.05, 0) is 48.0 Å². The molecule has 1 N–H and O–H groups in total. The maximum atomic E-state index is 13.2. The molecule has 0 aliphatic carbocycles. The molecule has 0 bridgehead atoms. The van der Waals surface area contributed by atoms with Gasteiger partial charge in [-0.3, -0.25) is 14.6 Å². The number of pyridine rings is 2. The number of amides is 1. The van der Waals surface area contributed by atoms with Gasteiger partial charge < -0.3 is 9.72 Å². The van der Waals surface area contributed by atoms with Crippen LogP contribution in [0.15, 0.2) is 73.2 Å². The van der Waals surface area contributed by atoms with Gasteiger partial charge in [-0.25, -0.2) is 4.39 Å². The zero-order valence-corrected chi connectivity index (χ0v) is 15.9. The summed E-state index contributed by atoms with van der Waals surface area (Å²) in [6, 6.07) is 14.4. The third-order valence-corrected chi connectivity index (χ3v) is 4.72. The van der Waals surface area contributed by atoms with Crippen molar-refractivity contribution in [1.82, 2.24) is 9.38 Å². The number of nitrogens with zero attached hydrogens (tertiary/aromatic N) is 2. The zero-order valence-electron chi connectivity index (χ0n) is 15.1. The molecule has 1 amide bonds. The number of nitrogens with one attached hydrogen (secondary N) is 1. The van der Waals surface area contributed by atoms with Crippen molar-refractivity contribution in [2.24, 2.45) is 0 Å². The van der Waals surface area contributed by atoms with Gasteiger partial charge in [0.2, 0.25) is 0 Å². The van der Waals surface area contributed by atoms with E-state index in [0.29, 0.717) is 22.6 Å². The summed E-state index contributed by atoms with van der Waals surface area (Å²) >= 11 is 6.12. The molecule has 4 rings (SSSR count). The van der Waals surface area contributed by atoms with E-state index in [-0.39, 0.29) is 11.4 Å². The summed E-state index contributed by atoms with van der Waals surface area (Å²) < 4.78 is 15.0. The number of hydrogen-bond acceptors (Lipinski definition) is 3. The Morgan fingerprint density at radius 3 is 2.62 bits per heavy atom. The highest BCUT2D eigenvalue weighted by atomic mass is 35.5. The quantitative estimate of drug-likeness (QED) is 0.390. The van der Waals surface area contributed by atoms with Gasteiger partial charge >= 0.3 is 0 Å². The molecule has 0 spiro atoms. The van der Waals surface area contributed by atoms with Crippen LogP contribution in [0.25, 0.3) is 5.52 Å². The van der Waals surface area contributed by atoms with E-state index in [4.69, 9.17) is 11.6 Å². The molecule has 0 radical (unpaired) electrons. The van der Waals surface area contributed by atoms with E-state index in [1.807, 2.05) is 0 Å². The maximum Gasteiger partial charge on any atom is 0.296 e. The summed E-state index contributed by atoms with van der Waals surface area (Å²) in [5.41, 5.74) is 2.85. The molecule has 0 saturated heterocycles. The van der Waals surface area contributed by atoms with Crippen LogP contribution in [-0.4, -0.2) is 21.1 Å². The monoisotopic (exact) mass is 407 g/mol. The Bertz CT molecular complexity index is 1200. The highest BCUT2D eigenvalue weighted by Gasteiger charge is 2.22. The van der Waals surface area contributed by atoms with Gasteiger partial charge in [-0.1, -0.05) is 23.7 Å². The first-order chi connectivity index (χ1) is 14.0. The van der Waals surface area contributed by atoms with Gasteiger partial charge in [0.1, 0.15) is 5.82 Å². The number of carbonyl (C=O) groups excluding carboxylic acids is 2. The number of halogens is 2. The molecule has 0 unspecified atom stereocenters. The van der Waals surface area contributed by atoms with Gasteiger partial charge in [0.05, 0.1) is 23.0 Å². The Hall–Kier alpha value is -3.51. The first-order valence-corrected chi connectivity index (χ1v) is 9.19. The van der Waals surface area contributed by atoms with Crippen LogP contribution in [-0.2, 0) is 11.2 Å². The minimum atomic E-state index is -0.765. The Morgan fingerprint density at radius 1 is 1.10 bits per heavy atom. The summed E-state index contributed by atoms with van der Waals surface area (Å²) in [5, 5.41) is 3.00. The van der Waals surface area contributed by atoms with Gasteiger partial charge in [0.15, 0.2) is 0 Å². The fourth-order valence-corrected chi connectivity index (χ4v) is 3.28. The zero-order chi connectivity index (χ0) is 20.4. The number of Topliss-reactive ketones (excluding diaryl/α,β-unsaturated/α-hetero) is 1. The minimum absolute atomic E-state index is 0.242. The van der Waals surface area contributed by atoms with Gasteiger partial charge in [-0.15, -0.1) is 0 Å². The van der Waals surface area contributed by atoms with Gasteiger partial charge in [-0.2, -0.15) is 0 Å². The molecule has 4 aromatic rings. The maximum absolute atomic E-state index is 13.2.